The molecule has 4 aromatic rings. The average molecular weight is 741 g/mol. The molecule has 286 valence electrons. The minimum Gasteiger partial charge on any atom is -0.453 e. The van der Waals surface area contributed by atoms with Crippen molar-refractivity contribution >= 4 is 46.5 Å². The number of aromatic amines is 2. The van der Waals surface area contributed by atoms with Crippen molar-refractivity contribution in [3.05, 3.63) is 60.6 Å². The maximum Gasteiger partial charge on any atom is 0.407 e. The highest BCUT2D eigenvalue weighted by Gasteiger charge is 2.39. The number of aromatic nitrogens is 3. The number of amides is 5. The van der Waals surface area contributed by atoms with E-state index in [2.05, 4.69) is 30.9 Å². The molecule has 0 spiro atoms. The molecule has 4 atom stereocenters. The van der Waals surface area contributed by atoms with Crippen molar-refractivity contribution in [3.8, 4) is 22.5 Å². The molecule has 0 saturated carbocycles. The molecule has 2 saturated heterocycles. The van der Waals surface area contributed by atoms with Crippen LogP contribution in [0.4, 0.5) is 15.3 Å². The van der Waals surface area contributed by atoms with Gasteiger partial charge in [0, 0.05) is 35.4 Å². The van der Waals surface area contributed by atoms with Gasteiger partial charge in [-0.2, -0.15) is 0 Å². The van der Waals surface area contributed by atoms with E-state index in [1.165, 1.54) is 14.2 Å². The van der Waals surface area contributed by atoms with E-state index in [0.29, 0.717) is 43.9 Å². The number of fused-ring (bicyclic) bond motifs is 1. The molecule has 54 heavy (non-hydrogen) atoms. The number of alkyl carbamates (subject to hydrolysis) is 2. The monoisotopic (exact) mass is 740 g/mol. The Hall–Kier alpha value is -5.86. The number of nitrogens with zero attached hydrogens (tertiary/aromatic N) is 3. The number of hydrogen-bond acceptors (Lipinski definition) is 8. The zero-order chi connectivity index (χ0) is 38.5. The molecule has 0 unspecified atom stereocenters. The van der Waals surface area contributed by atoms with Crippen LogP contribution in [-0.4, -0.2) is 100 Å². The van der Waals surface area contributed by atoms with E-state index in [1.807, 2.05) is 69.3 Å². The Bertz CT molecular complexity index is 2000. The summed E-state index contributed by atoms with van der Waals surface area (Å²) in [5.74, 6) is -0.220. The summed E-state index contributed by atoms with van der Waals surface area (Å²) in [6.45, 7) is 6.53. The van der Waals surface area contributed by atoms with E-state index >= 15 is 0 Å². The van der Waals surface area contributed by atoms with Crippen LogP contribution < -0.4 is 16.0 Å². The second kappa shape index (κ2) is 16.4. The fourth-order valence-corrected chi connectivity index (χ4v) is 7.31. The van der Waals surface area contributed by atoms with Crippen LogP contribution >= 0.6 is 0 Å². The Morgan fingerprint density at radius 3 is 2.19 bits per heavy atom. The number of H-pyrrole nitrogens is 2. The lowest BCUT2D eigenvalue weighted by Gasteiger charge is -2.30. The summed E-state index contributed by atoms with van der Waals surface area (Å²) in [4.78, 5) is 78.7. The van der Waals surface area contributed by atoms with Crippen LogP contribution in [0, 0.1) is 5.92 Å². The zero-order valence-corrected chi connectivity index (χ0v) is 31.2. The third-order valence-corrected chi connectivity index (χ3v) is 10.3. The Morgan fingerprint density at radius 1 is 0.833 bits per heavy atom. The first-order valence-corrected chi connectivity index (χ1v) is 18.4. The van der Waals surface area contributed by atoms with Crippen LogP contribution in [0.15, 0.2) is 54.7 Å². The molecule has 6 rings (SSSR count). The fourth-order valence-electron chi connectivity index (χ4n) is 7.31. The van der Waals surface area contributed by atoms with Gasteiger partial charge in [0.1, 0.15) is 23.9 Å². The predicted molar refractivity (Wildman–Crippen MR) is 202 cm³/mol. The van der Waals surface area contributed by atoms with Crippen LogP contribution in [-0.2, 0) is 23.9 Å². The fraction of sp³-hybridized carbons (Fsp3) is 0.436. The molecule has 0 radical (unpaired) electrons. The van der Waals surface area contributed by atoms with E-state index < -0.39 is 30.3 Å². The largest absolute Gasteiger partial charge is 0.453 e. The van der Waals surface area contributed by atoms with Gasteiger partial charge in [0.25, 0.3) is 0 Å². The number of carbonyl (C=O) groups is 5. The van der Waals surface area contributed by atoms with Crippen molar-refractivity contribution < 1.29 is 33.4 Å². The first-order chi connectivity index (χ1) is 26.0. The first kappa shape index (κ1) is 37.9. The molecule has 5 N–H and O–H groups in total. The van der Waals surface area contributed by atoms with Crippen LogP contribution in [0.1, 0.15) is 64.7 Å². The van der Waals surface area contributed by atoms with E-state index in [9.17, 15) is 24.0 Å². The highest BCUT2D eigenvalue weighted by Crippen LogP contribution is 2.33. The molecule has 0 aliphatic carbocycles. The smallest absolute Gasteiger partial charge is 0.407 e. The number of benzene rings is 2. The summed E-state index contributed by atoms with van der Waals surface area (Å²) in [5.41, 5.74) is 5.16. The summed E-state index contributed by atoms with van der Waals surface area (Å²) in [7, 11) is 2.52. The molecule has 5 amide bonds. The van der Waals surface area contributed by atoms with Gasteiger partial charge >= 0.3 is 12.2 Å². The SMILES string of the molecule is CC[C@H](NC(=O)OC)C(=O)N1CCC[C@H]1c1ncc(-c2ccc(-c3cc4cc(NC(=O)[C@@H]5CCCN5C(=O)[C@@H](NC(=O)OC)C(C)C)ccc4[nH]3)cc2)[nH]1. The van der Waals surface area contributed by atoms with Crippen molar-refractivity contribution in [1.82, 2.24) is 35.4 Å². The standard InChI is InChI=1S/C39H48N8O7/c1-6-27(44-38(51)53-4)36(49)46-17-7-9-31(46)34-40-21-30(43-34)24-13-11-23(12-14-24)29-20-25-19-26(15-16-28(25)42-29)41-35(48)32-10-8-18-47(32)37(50)33(22(2)3)45-39(52)54-5/h11-16,19-22,27,31-33,42H,6-10,17-18H2,1-5H3,(H,40,43)(H,41,48)(H,44,51)(H,45,52)/t27-,31-,32-,33-/m0/s1. The average Bonchev–Trinajstić information content (AvgIpc) is 4.01. The molecule has 4 heterocycles. The topological polar surface area (TPSA) is 191 Å². The molecule has 2 fully saturated rings. The molecule has 2 aliphatic heterocycles. The highest BCUT2D eigenvalue weighted by molar-refractivity contribution is 6.00. The summed E-state index contributed by atoms with van der Waals surface area (Å²) in [5, 5.41) is 9.15. The highest BCUT2D eigenvalue weighted by atomic mass is 16.5. The van der Waals surface area contributed by atoms with Crippen LogP contribution in [0.5, 0.6) is 0 Å². The molecular formula is C39H48N8O7. The number of methoxy groups -OCH3 is 2. The number of anilines is 1. The Balaban J connectivity index is 1.11. The van der Waals surface area contributed by atoms with Crippen molar-refractivity contribution in [2.75, 3.05) is 32.6 Å². The molecule has 2 aromatic heterocycles. The number of ether oxygens (including phenoxy) is 2. The number of carbonyl (C=O) groups excluding carboxylic acids is 5. The lowest BCUT2D eigenvalue weighted by molar-refractivity contribution is -0.139. The Kier molecular flexibility index (Phi) is 11.5. The van der Waals surface area contributed by atoms with Crippen molar-refractivity contribution in [3.63, 3.8) is 0 Å². The predicted octanol–water partition coefficient (Wildman–Crippen LogP) is 5.33. The number of likely N-dealkylation sites (tertiary alicyclic amines) is 2. The minimum absolute atomic E-state index is 0.154. The van der Waals surface area contributed by atoms with E-state index in [-0.39, 0.29) is 29.7 Å². The van der Waals surface area contributed by atoms with Gasteiger partial charge in [0.05, 0.1) is 32.2 Å². The van der Waals surface area contributed by atoms with Gasteiger partial charge in [-0.05, 0) is 73.4 Å². The number of rotatable bonds is 11. The summed E-state index contributed by atoms with van der Waals surface area (Å²) < 4.78 is 9.40. The van der Waals surface area contributed by atoms with Gasteiger partial charge in [-0.25, -0.2) is 14.6 Å². The lowest BCUT2D eigenvalue weighted by Crippen LogP contribution is -2.54. The van der Waals surface area contributed by atoms with Gasteiger partial charge in [-0.15, -0.1) is 0 Å². The van der Waals surface area contributed by atoms with E-state index in [1.54, 1.807) is 16.0 Å². The molecule has 2 aliphatic rings. The Labute approximate surface area is 313 Å². The van der Waals surface area contributed by atoms with Crippen molar-refractivity contribution in [2.45, 2.75) is 77.0 Å². The maximum atomic E-state index is 13.5. The zero-order valence-electron chi connectivity index (χ0n) is 31.2. The van der Waals surface area contributed by atoms with Gasteiger partial charge in [0.15, 0.2) is 0 Å². The molecule has 15 nitrogen and oxygen atoms in total. The van der Waals surface area contributed by atoms with Gasteiger partial charge < -0.3 is 45.2 Å². The lowest BCUT2D eigenvalue weighted by atomic mass is 10.0. The van der Waals surface area contributed by atoms with Crippen LogP contribution in [0.2, 0.25) is 0 Å². The quantitative estimate of drug-likeness (QED) is 0.136. The molecular weight excluding hydrogens is 692 g/mol. The molecule has 0 bridgehead atoms. The van der Waals surface area contributed by atoms with Gasteiger partial charge in [-0.3, -0.25) is 14.4 Å². The van der Waals surface area contributed by atoms with E-state index in [4.69, 9.17) is 9.47 Å². The van der Waals surface area contributed by atoms with Crippen LogP contribution in [0.25, 0.3) is 33.4 Å². The third-order valence-electron chi connectivity index (χ3n) is 10.3. The maximum absolute atomic E-state index is 13.5. The second-order valence-corrected chi connectivity index (χ2v) is 14.1. The van der Waals surface area contributed by atoms with Gasteiger partial charge in [-0.1, -0.05) is 45.0 Å². The molecule has 2 aromatic carbocycles. The second-order valence-electron chi connectivity index (χ2n) is 14.1. The van der Waals surface area contributed by atoms with Crippen LogP contribution in [0.3, 0.4) is 0 Å². The Morgan fingerprint density at radius 2 is 1.50 bits per heavy atom. The summed E-state index contributed by atoms with van der Waals surface area (Å²) >= 11 is 0. The number of hydrogen-bond donors (Lipinski definition) is 5. The normalized spacial score (nSPS) is 18.0. The van der Waals surface area contributed by atoms with Crippen molar-refractivity contribution in [2.24, 2.45) is 5.92 Å². The van der Waals surface area contributed by atoms with E-state index in [0.717, 1.165) is 46.3 Å². The number of imidazole rings is 1. The minimum atomic E-state index is -0.801. The van der Waals surface area contributed by atoms with Gasteiger partial charge in [0.2, 0.25) is 17.7 Å². The first-order valence-electron chi connectivity index (χ1n) is 18.4. The molecule has 15 heteroatoms. The number of nitrogens with one attached hydrogen (secondary N) is 5. The van der Waals surface area contributed by atoms with Crippen molar-refractivity contribution in [1.29, 1.82) is 0 Å². The summed E-state index contributed by atoms with van der Waals surface area (Å²) in [6.07, 6.45) is 3.72. The third kappa shape index (κ3) is 8.04. The summed E-state index contributed by atoms with van der Waals surface area (Å²) in [6, 6.07) is 13.4.